The second kappa shape index (κ2) is 17.7. The molecule has 3 heterocycles. The van der Waals surface area contributed by atoms with Crippen molar-refractivity contribution in [1.82, 2.24) is 0 Å². The first-order valence-corrected chi connectivity index (χ1v) is 28.6. The smallest absolute Gasteiger partial charge is 0.252 e. The van der Waals surface area contributed by atoms with Crippen LogP contribution in [-0.4, -0.2) is 6.71 Å². The molecular weight excluding hydrogens is 970 g/mol. The van der Waals surface area contributed by atoms with Gasteiger partial charge in [0.1, 0.15) is 11.2 Å². The minimum absolute atomic E-state index is 0.000468. The lowest BCUT2D eigenvalue weighted by Gasteiger charge is -2.45. The Hall–Kier alpha value is -8.54. The highest BCUT2D eigenvalue weighted by Crippen LogP contribution is 2.53. The molecule has 0 bridgehead atoms. The minimum Gasteiger partial charge on any atom is -0.456 e. The lowest BCUT2D eigenvalue weighted by molar-refractivity contribution is 0.590. The maximum absolute atomic E-state index is 6.69. The maximum atomic E-state index is 6.69. The Kier molecular flexibility index (Phi) is 11.0. The Labute approximate surface area is 473 Å². The van der Waals surface area contributed by atoms with Gasteiger partial charge in [0.25, 0.3) is 6.71 Å². The van der Waals surface area contributed by atoms with E-state index >= 15 is 0 Å². The fraction of sp³-hybridized carbons (Fsp3) is 0.200. The molecule has 80 heavy (non-hydrogen) atoms. The normalized spacial score (nSPS) is 14.2. The van der Waals surface area contributed by atoms with E-state index in [4.69, 9.17) is 4.42 Å². The van der Waals surface area contributed by atoms with E-state index in [0.717, 1.165) is 50.4 Å². The molecule has 3 aliphatic rings. The molecule has 0 radical (unpaired) electrons. The molecule has 14 rings (SSSR count). The summed E-state index contributed by atoms with van der Waals surface area (Å²) in [5.74, 6) is 0. The number of benzene rings is 10. The number of rotatable bonds is 6. The molecule has 10 aromatic carbocycles. The van der Waals surface area contributed by atoms with Gasteiger partial charge < -0.3 is 19.1 Å². The molecule has 0 N–H and O–H groups in total. The highest BCUT2D eigenvalue weighted by atomic mass is 16.3. The van der Waals surface area contributed by atoms with Crippen LogP contribution in [-0.2, 0) is 21.7 Å². The van der Waals surface area contributed by atoms with Crippen LogP contribution in [0.25, 0.3) is 44.2 Å². The Bertz CT molecular complexity index is 4300. The molecule has 0 atom stereocenters. The van der Waals surface area contributed by atoms with Crippen LogP contribution >= 0.6 is 0 Å². The van der Waals surface area contributed by atoms with Crippen LogP contribution in [0.15, 0.2) is 217 Å². The number of fused-ring (bicyclic) bond motifs is 10. The summed E-state index contributed by atoms with van der Waals surface area (Å²) in [6.07, 6.45) is 0. The average Bonchev–Trinajstić information content (AvgIpc) is 4.07. The average molecular weight is 1040 g/mol. The van der Waals surface area contributed by atoms with Crippen molar-refractivity contribution in [2.24, 2.45) is 0 Å². The molecule has 0 saturated carbocycles. The van der Waals surface area contributed by atoms with E-state index in [0.29, 0.717) is 0 Å². The van der Waals surface area contributed by atoms with Crippen molar-refractivity contribution in [2.45, 2.75) is 97.8 Å². The van der Waals surface area contributed by atoms with Crippen molar-refractivity contribution in [1.29, 1.82) is 0 Å². The second-order valence-electron chi connectivity index (χ2n) is 26.2. The van der Waals surface area contributed by atoms with Crippen LogP contribution in [0.3, 0.4) is 0 Å². The Morgan fingerprint density at radius 1 is 0.400 bits per heavy atom. The van der Waals surface area contributed by atoms with Crippen LogP contribution in [0.5, 0.6) is 0 Å². The molecule has 1 aromatic heterocycles. The summed E-state index contributed by atoms with van der Waals surface area (Å²) < 4.78 is 6.69. The Morgan fingerprint density at radius 2 is 0.988 bits per heavy atom. The van der Waals surface area contributed by atoms with Gasteiger partial charge in [-0.25, -0.2) is 0 Å². The summed E-state index contributed by atoms with van der Waals surface area (Å²) in [7, 11) is 0. The maximum Gasteiger partial charge on any atom is 0.252 e. The molecule has 0 fully saturated rings. The van der Waals surface area contributed by atoms with Gasteiger partial charge in [-0.2, -0.15) is 0 Å². The van der Waals surface area contributed by atoms with Crippen LogP contribution in [0.1, 0.15) is 104 Å². The lowest BCUT2D eigenvalue weighted by Crippen LogP contribution is -2.61. The summed E-state index contributed by atoms with van der Waals surface area (Å²) in [5.41, 5.74) is 27.0. The van der Waals surface area contributed by atoms with E-state index in [-0.39, 0.29) is 28.4 Å². The molecule has 392 valence electrons. The van der Waals surface area contributed by atoms with Crippen LogP contribution in [0.2, 0.25) is 0 Å². The number of anilines is 9. The van der Waals surface area contributed by atoms with E-state index in [2.05, 4.69) is 303 Å². The van der Waals surface area contributed by atoms with Gasteiger partial charge in [-0.15, -0.1) is 0 Å². The molecule has 0 saturated heterocycles. The molecule has 11 aromatic rings. The van der Waals surface area contributed by atoms with E-state index in [1.54, 1.807) is 0 Å². The summed E-state index contributed by atoms with van der Waals surface area (Å²) in [5, 5.41) is 2.25. The highest BCUT2D eigenvalue weighted by molar-refractivity contribution is 7.00. The third-order valence-corrected chi connectivity index (χ3v) is 17.7. The van der Waals surface area contributed by atoms with Gasteiger partial charge in [0.2, 0.25) is 0 Å². The summed E-state index contributed by atoms with van der Waals surface area (Å²) >= 11 is 0. The number of furan rings is 1. The first kappa shape index (κ1) is 49.7. The second-order valence-corrected chi connectivity index (χ2v) is 26.2. The quantitative estimate of drug-likeness (QED) is 0.155. The van der Waals surface area contributed by atoms with Crippen LogP contribution in [0, 0.1) is 0 Å². The molecule has 0 spiro atoms. The molecule has 0 amide bonds. The van der Waals surface area contributed by atoms with Gasteiger partial charge in [0, 0.05) is 73.3 Å². The van der Waals surface area contributed by atoms with Gasteiger partial charge in [0.05, 0.1) is 5.69 Å². The van der Waals surface area contributed by atoms with Crippen molar-refractivity contribution < 1.29 is 4.42 Å². The zero-order chi connectivity index (χ0) is 55.2. The first-order valence-electron chi connectivity index (χ1n) is 28.6. The van der Waals surface area contributed by atoms with Crippen molar-refractivity contribution in [2.75, 3.05) is 14.7 Å². The zero-order valence-corrected chi connectivity index (χ0v) is 48.0. The summed E-state index contributed by atoms with van der Waals surface area (Å²) in [6.45, 7) is 25.7. The van der Waals surface area contributed by atoms with Crippen LogP contribution < -0.4 is 31.1 Å². The van der Waals surface area contributed by atoms with Gasteiger partial charge in [-0.05, 0) is 156 Å². The highest BCUT2D eigenvalue weighted by Gasteiger charge is 2.46. The van der Waals surface area contributed by atoms with E-state index < -0.39 is 0 Å². The topological polar surface area (TPSA) is 22.9 Å². The number of para-hydroxylation sites is 2. The first-order chi connectivity index (χ1) is 38.3. The number of hydrogen-bond acceptors (Lipinski definition) is 4. The fourth-order valence-corrected chi connectivity index (χ4v) is 13.3. The minimum atomic E-state index is -0.205. The van der Waals surface area contributed by atoms with Crippen molar-refractivity contribution in [3.05, 3.63) is 240 Å². The van der Waals surface area contributed by atoms with E-state index in [9.17, 15) is 0 Å². The number of hydrogen-bond donors (Lipinski definition) is 0. The molecule has 2 aliphatic heterocycles. The van der Waals surface area contributed by atoms with E-state index in [1.807, 2.05) is 0 Å². The lowest BCUT2D eigenvalue weighted by atomic mass is 9.33. The van der Waals surface area contributed by atoms with Gasteiger partial charge in [0.15, 0.2) is 0 Å². The molecule has 1 aliphatic carbocycles. The van der Waals surface area contributed by atoms with Crippen molar-refractivity contribution in [3.8, 4) is 22.3 Å². The number of nitrogens with zero attached hydrogens (tertiary/aromatic N) is 3. The van der Waals surface area contributed by atoms with Gasteiger partial charge in [-0.3, -0.25) is 0 Å². The Balaban J connectivity index is 1.07. The third-order valence-electron chi connectivity index (χ3n) is 17.7. The van der Waals surface area contributed by atoms with Crippen molar-refractivity contribution >= 4 is 96.2 Å². The van der Waals surface area contributed by atoms with Crippen LogP contribution in [0.4, 0.5) is 51.2 Å². The van der Waals surface area contributed by atoms with Gasteiger partial charge in [-0.1, -0.05) is 204 Å². The molecule has 5 heteroatoms. The largest absolute Gasteiger partial charge is 0.456 e. The standard InChI is InChI=1S/C75H68BN3O/c1-72(2,3)48-29-32-51(33-30-48)77(64-27-19-16-23-55(64)47-21-13-12-14-22-47)53-36-39-62-66(45-53)79(52-34-37-57-56-24-15-18-26-60(56)75(10,11)61(57)44-52)68-43-50(74(7,8)9)42-67-71(68)76(62)63-41-49(73(4,5)6)31-40-65(63)78(67)54-35-38-59-58-25-17-20-28-69(58)80-70(59)46-54/h12-46H,1-11H3. The monoisotopic (exact) mass is 1040 g/mol. The summed E-state index contributed by atoms with van der Waals surface area (Å²) in [4.78, 5) is 7.67. The summed E-state index contributed by atoms with van der Waals surface area (Å²) in [6, 6.07) is 80.2. The zero-order valence-electron chi connectivity index (χ0n) is 48.0. The SMILES string of the molecule is CC(C)(C)c1ccc(N(c2ccc3c(c2)N(c2ccc4c(c2)C(C)(C)c2ccccc2-4)c2cc(C(C)(C)C)cc4c2B3c2cc(C(C)(C)C)ccc2N4c2ccc3c(c2)oc2ccccc23)c2ccccc2-c2ccccc2)cc1. The predicted octanol–water partition coefficient (Wildman–Crippen LogP) is 19.0. The van der Waals surface area contributed by atoms with Gasteiger partial charge >= 0.3 is 0 Å². The predicted molar refractivity (Wildman–Crippen MR) is 342 cm³/mol. The molecular formula is C75H68BN3O. The van der Waals surface area contributed by atoms with Crippen molar-refractivity contribution in [3.63, 3.8) is 0 Å². The van der Waals surface area contributed by atoms with E-state index in [1.165, 1.54) is 89.2 Å². The molecule has 0 unspecified atom stereocenters. The molecule has 4 nitrogen and oxygen atoms in total. The third kappa shape index (κ3) is 7.79. The fourth-order valence-electron chi connectivity index (χ4n) is 13.3. The Morgan fingerprint density at radius 3 is 1.73 bits per heavy atom.